The van der Waals surface area contributed by atoms with Crippen molar-refractivity contribution in [1.29, 1.82) is 0 Å². The molecular formula is C15H14N3O5-. The number of imide groups is 1. The summed E-state index contributed by atoms with van der Waals surface area (Å²) < 4.78 is 5.10. The molecule has 0 radical (unpaired) electrons. The number of benzene rings is 1. The van der Waals surface area contributed by atoms with Gasteiger partial charge in [0.2, 0.25) is 0 Å². The van der Waals surface area contributed by atoms with E-state index in [0.29, 0.717) is 35.6 Å². The predicted molar refractivity (Wildman–Crippen MR) is 76.4 cm³/mol. The van der Waals surface area contributed by atoms with Crippen LogP contribution in [-0.2, 0) is 9.53 Å². The zero-order chi connectivity index (χ0) is 16.1. The van der Waals surface area contributed by atoms with E-state index in [1.165, 1.54) is 5.01 Å². The van der Waals surface area contributed by atoms with Crippen molar-refractivity contribution in [3.63, 3.8) is 0 Å². The first-order valence-corrected chi connectivity index (χ1v) is 7.47. The molecule has 0 bridgehead atoms. The minimum Gasteiger partial charge on any atom is -0.770 e. The van der Waals surface area contributed by atoms with Gasteiger partial charge < -0.3 is 9.94 Å². The summed E-state index contributed by atoms with van der Waals surface area (Å²) in [5.74, 6) is -1.42. The number of esters is 1. The molecule has 2 amide bonds. The van der Waals surface area contributed by atoms with Gasteiger partial charge in [0.15, 0.2) is 6.23 Å². The van der Waals surface area contributed by atoms with Crippen LogP contribution in [0.3, 0.4) is 0 Å². The minimum absolute atomic E-state index is 0.159. The van der Waals surface area contributed by atoms with Crippen molar-refractivity contribution in [3.8, 4) is 0 Å². The first kappa shape index (κ1) is 14.3. The van der Waals surface area contributed by atoms with Crippen LogP contribution in [0.2, 0.25) is 0 Å². The standard InChI is InChI=1S/C15H14N3O5/c19-13-8-16-12(23-13)7-3-6-11(18(16)22)17-14(20)9-4-1-2-5-10(9)15(17)21/h1-2,4-5,11-12H,3,6-8H2/q-1/t11-,12?/m0/s1. The fourth-order valence-corrected chi connectivity index (χ4v) is 3.35. The molecule has 4 rings (SSSR count). The number of hydrogen-bond acceptors (Lipinski definition) is 7. The van der Waals surface area contributed by atoms with E-state index >= 15 is 0 Å². The molecule has 2 fully saturated rings. The number of hydroxylamine groups is 1. The van der Waals surface area contributed by atoms with Gasteiger partial charge in [0, 0.05) is 0 Å². The van der Waals surface area contributed by atoms with Gasteiger partial charge in [-0.05, 0) is 31.4 Å². The lowest BCUT2D eigenvalue weighted by Crippen LogP contribution is -2.54. The van der Waals surface area contributed by atoms with Crippen LogP contribution in [0.15, 0.2) is 24.3 Å². The highest BCUT2D eigenvalue weighted by Gasteiger charge is 2.45. The van der Waals surface area contributed by atoms with Gasteiger partial charge >= 0.3 is 5.97 Å². The Morgan fingerprint density at radius 2 is 1.70 bits per heavy atom. The third-order valence-electron chi connectivity index (χ3n) is 4.44. The van der Waals surface area contributed by atoms with Crippen molar-refractivity contribution in [1.82, 2.24) is 15.1 Å². The van der Waals surface area contributed by atoms with Crippen molar-refractivity contribution in [2.75, 3.05) is 6.54 Å². The molecule has 2 atom stereocenters. The lowest BCUT2D eigenvalue weighted by Gasteiger charge is -2.44. The fraction of sp³-hybridized carbons (Fsp3) is 0.400. The number of fused-ring (bicyclic) bond motifs is 2. The van der Waals surface area contributed by atoms with Gasteiger partial charge in [-0.1, -0.05) is 12.1 Å². The third kappa shape index (κ3) is 2.07. The number of nitrogens with zero attached hydrogens (tertiary/aromatic N) is 3. The maximum atomic E-state index is 12.7. The second kappa shape index (κ2) is 5.12. The van der Waals surface area contributed by atoms with E-state index in [4.69, 9.17) is 4.74 Å². The van der Waals surface area contributed by atoms with Crippen molar-refractivity contribution in [3.05, 3.63) is 40.6 Å². The van der Waals surface area contributed by atoms with Crippen molar-refractivity contribution >= 4 is 17.8 Å². The average molecular weight is 316 g/mol. The van der Waals surface area contributed by atoms with Gasteiger partial charge in [-0.2, -0.15) is 0 Å². The predicted octanol–water partition coefficient (Wildman–Crippen LogP) is 0.692. The summed E-state index contributed by atoms with van der Waals surface area (Å²) in [5, 5.41) is 14.5. The molecule has 0 spiro atoms. The summed E-state index contributed by atoms with van der Waals surface area (Å²) in [5.41, 5.74) is 0.612. The minimum atomic E-state index is -0.957. The van der Waals surface area contributed by atoms with Crippen LogP contribution in [0, 0.1) is 5.21 Å². The summed E-state index contributed by atoms with van der Waals surface area (Å²) >= 11 is 0. The number of ether oxygens (including phenoxy) is 1. The van der Waals surface area contributed by atoms with Crippen molar-refractivity contribution in [2.45, 2.75) is 31.7 Å². The van der Waals surface area contributed by atoms with E-state index < -0.39 is 30.2 Å². The Kier molecular flexibility index (Phi) is 3.19. The SMILES string of the molecule is O=C1CN2C(CCC[C@@H](N3C(=O)c4ccccc4C3=O)N2[O-])O1. The first-order chi connectivity index (χ1) is 11.1. The van der Waals surface area contributed by atoms with Crippen LogP contribution in [0.4, 0.5) is 0 Å². The number of carbonyl (C=O) groups excluding carboxylic acids is 3. The fourth-order valence-electron chi connectivity index (χ4n) is 3.35. The van der Waals surface area contributed by atoms with Gasteiger partial charge in [-0.25, -0.2) is 5.01 Å². The normalized spacial score (nSPS) is 28.6. The summed E-state index contributed by atoms with van der Waals surface area (Å²) in [4.78, 5) is 37.5. The smallest absolute Gasteiger partial charge is 0.323 e. The second-order valence-electron chi connectivity index (χ2n) is 5.78. The van der Waals surface area contributed by atoms with Gasteiger partial charge in [0.1, 0.15) is 6.54 Å². The summed E-state index contributed by atoms with van der Waals surface area (Å²) in [7, 11) is 0. The Hall–Kier alpha value is -2.29. The average Bonchev–Trinajstić information content (AvgIpc) is 2.99. The van der Waals surface area contributed by atoms with Gasteiger partial charge in [0.05, 0.1) is 17.3 Å². The Morgan fingerprint density at radius 3 is 2.35 bits per heavy atom. The first-order valence-electron chi connectivity index (χ1n) is 7.47. The Labute approximate surface area is 131 Å². The molecule has 8 heteroatoms. The van der Waals surface area contributed by atoms with Crippen LogP contribution in [0.1, 0.15) is 40.0 Å². The molecule has 0 saturated carbocycles. The van der Waals surface area contributed by atoms with Crippen LogP contribution >= 0.6 is 0 Å². The molecule has 3 aliphatic heterocycles. The lowest BCUT2D eigenvalue weighted by atomic mass is 10.1. The Bertz CT molecular complexity index is 671. The monoisotopic (exact) mass is 316 g/mol. The number of hydrogen-bond donors (Lipinski definition) is 0. The highest BCUT2D eigenvalue weighted by Crippen LogP contribution is 2.32. The molecule has 120 valence electrons. The summed E-state index contributed by atoms with van der Waals surface area (Å²) in [6.07, 6.45) is -0.142. The van der Waals surface area contributed by atoms with E-state index in [0.717, 1.165) is 4.90 Å². The molecular weight excluding hydrogens is 302 g/mol. The molecule has 3 heterocycles. The maximum absolute atomic E-state index is 12.7. The highest BCUT2D eigenvalue weighted by atomic mass is 16.6. The molecule has 8 nitrogen and oxygen atoms in total. The Balaban J connectivity index is 1.67. The number of carbonyl (C=O) groups is 3. The lowest BCUT2D eigenvalue weighted by molar-refractivity contribution is -0.144. The van der Waals surface area contributed by atoms with Gasteiger partial charge in [-0.15, -0.1) is 0 Å². The van der Waals surface area contributed by atoms with E-state index in [1.54, 1.807) is 24.3 Å². The molecule has 1 aromatic carbocycles. The van der Waals surface area contributed by atoms with Crippen molar-refractivity contribution < 1.29 is 19.1 Å². The van der Waals surface area contributed by atoms with Gasteiger partial charge in [0.25, 0.3) is 11.8 Å². The van der Waals surface area contributed by atoms with Crippen LogP contribution in [0.25, 0.3) is 0 Å². The molecule has 0 N–H and O–H groups in total. The third-order valence-corrected chi connectivity index (χ3v) is 4.44. The van der Waals surface area contributed by atoms with Crippen LogP contribution in [-0.4, -0.2) is 51.8 Å². The van der Waals surface area contributed by atoms with E-state index in [1.807, 2.05) is 0 Å². The van der Waals surface area contributed by atoms with Crippen LogP contribution < -0.4 is 0 Å². The second-order valence-corrected chi connectivity index (χ2v) is 5.78. The zero-order valence-corrected chi connectivity index (χ0v) is 12.2. The van der Waals surface area contributed by atoms with Crippen LogP contribution in [0.5, 0.6) is 0 Å². The van der Waals surface area contributed by atoms with E-state index in [-0.39, 0.29) is 6.54 Å². The number of amides is 2. The van der Waals surface area contributed by atoms with E-state index in [2.05, 4.69) is 0 Å². The van der Waals surface area contributed by atoms with Gasteiger partial charge in [-0.3, -0.25) is 24.5 Å². The van der Waals surface area contributed by atoms with Crippen molar-refractivity contribution in [2.24, 2.45) is 0 Å². The number of rotatable bonds is 1. The molecule has 1 aromatic rings. The summed E-state index contributed by atoms with van der Waals surface area (Å²) in [6, 6.07) is 6.51. The molecule has 0 aromatic heterocycles. The van der Waals surface area contributed by atoms with E-state index in [9.17, 15) is 19.6 Å². The number of hydrazine groups is 1. The molecule has 0 aliphatic carbocycles. The molecule has 23 heavy (non-hydrogen) atoms. The molecule has 3 aliphatic rings. The summed E-state index contributed by atoms with van der Waals surface area (Å²) in [6.45, 7) is -0.159. The topological polar surface area (TPSA) is 93.2 Å². The molecule has 2 saturated heterocycles. The maximum Gasteiger partial charge on any atom is 0.323 e. The quantitative estimate of drug-likeness (QED) is 0.556. The Morgan fingerprint density at radius 1 is 1.04 bits per heavy atom. The zero-order valence-electron chi connectivity index (χ0n) is 12.2. The largest absolute Gasteiger partial charge is 0.770 e. The molecule has 1 unspecified atom stereocenters. The highest BCUT2D eigenvalue weighted by molar-refractivity contribution is 6.21.